The van der Waals surface area contributed by atoms with Gasteiger partial charge in [0.25, 0.3) is 0 Å². The van der Waals surface area contributed by atoms with E-state index in [1.54, 1.807) is 13.8 Å². The SMILES string of the molecule is CCc1cccc(CNC[C@@H](O)[C@H](Cc2cc(F)cc(F)c2)NC(=O)CN2CC(=O)N(CC)[C@H](CC)C2=O)c1. The lowest BCUT2D eigenvalue weighted by Gasteiger charge is -2.39. The third kappa shape index (κ3) is 8.31. The van der Waals surface area contributed by atoms with Crippen LogP contribution in [0.4, 0.5) is 8.78 Å². The van der Waals surface area contributed by atoms with Crippen LogP contribution in [0.3, 0.4) is 0 Å². The molecule has 0 saturated carbocycles. The molecule has 0 bridgehead atoms. The molecule has 1 fully saturated rings. The van der Waals surface area contributed by atoms with Gasteiger partial charge >= 0.3 is 0 Å². The van der Waals surface area contributed by atoms with Crippen molar-refractivity contribution in [3.05, 3.63) is 70.8 Å². The van der Waals surface area contributed by atoms with Gasteiger partial charge in [0.15, 0.2) is 0 Å². The standard InChI is InChI=1S/C29H38F2N4O4/c1-4-19-8-7-9-20(10-19)15-32-16-26(36)24(13-21-11-22(30)14-23(31)12-21)33-27(37)17-34-18-28(38)35(6-3)25(5-2)29(34)39/h7-12,14,24-26,32,36H,4-6,13,15-18H2,1-3H3,(H,33,37)/t24-,25+,26+/m0/s1. The third-order valence-corrected chi connectivity index (χ3v) is 6.95. The maximum absolute atomic E-state index is 13.8. The van der Waals surface area contributed by atoms with Crippen molar-refractivity contribution in [2.45, 2.75) is 64.8 Å². The highest BCUT2D eigenvalue weighted by atomic mass is 19.1. The van der Waals surface area contributed by atoms with Gasteiger partial charge in [0.05, 0.1) is 12.1 Å². The average molecular weight is 545 g/mol. The van der Waals surface area contributed by atoms with Crippen LogP contribution in [0.15, 0.2) is 42.5 Å². The number of nitrogens with zero attached hydrogens (tertiary/aromatic N) is 2. The number of benzene rings is 2. The molecule has 8 nitrogen and oxygen atoms in total. The first-order chi connectivity index (χ1) is 18.6. The van der Waals surface area contributed by atoms with Gasteiger partial charge in [0.1, 0.15) is 30.8 Å². The van der Waals surface area contributed by atoms with Crippen molar-refractivity contribution in [3.8, 4) is 0 Å². The summed E-state index contributed by atoms with van der Waals surface area (Å²) in [6.07, 6.45) is 0.181. The van der Waals surface area contributed by atoms with Gasteiger partial charge in [0, 0.05) is 25.7 Å². The Hall–Kier alpha value is -3.37. The molecule has 0 radical (unpaired) electrons. The second kappa shape index (κ2) is 14.1. The van der Waals surface area contributed by atoms with Gasteiger partial charge in [-0.2, -0.15) is 0 Å². The van der Waals surface area contributed by atoms with Gasteiger partial charge in [-0.3, -0.25) is 14.4 Å². The van der Waals surface area contributed by atoms with Crippen LogP contribution in [-0.4, -0.2) is 77.0 Å². The Morgan fingerprint density at radius 2 is 1.74 bits per heavy atom. The molecule has 1 heterocycles. The van der Waals surface area contributed by atoms with E-state index in [-0.39, 0.29) is 43.4 Å². The number of hydrogen-bond donors (Lipinski definition) is 3. The van der Waals surface area contributed by atoms with E-state index in [0.29, 0.717) is 19.5 Å². The van der Waals surface area contributed by atoms with Crippen LogP contribution in [0.25, 0.3) is 0 Å². The average Bonchev–Trinajstić information content (AvgIpc) is 2.89. The topological polar surface area (TPSA) is 102 Å². The van der Waals surface area contributed by atoms with Crippen molar-refractivity contribution in [2.75, 3.05) is 26.2 Å². The van der Waals surface area contributed by atoms with Gasteiger partial charge in [0.2, 0.25) is 17.7 Å². The Morgan fingerprint density at radius 1 is 1.05 bits per heavy atom. The zero-order chi connectivity index (χ0) is 28.5. The van der Waals surface area contributed by atoms with Crippen molar-refractivity contribution in [1.29, 1.82) is 0 Å². The molecular formula is C29H38F2N4O4. The fraction of sp³-hybridized carbons (Fsp3) is 0.483. The van der Waals surface area contributed by atoms with E-state index in [2.05, 4.69) is 23.6 Å². The fourth-order valence-electron chi connectivity index (χ4n) is 4.93. The van der Waals surface area contributed by atoms with Crippen LogP contribution in [0.5, 0.6) is 0 Å². The Labute approximate surface area is 228 Å². The minimum atomic E-state index is -1.10. The van der Waals surface area contributed by atoms with Crippen molar-refractivity contribution < 1.29 is 28.3 Å². The molecule has 1 saturated heterocycles. The van der Waals surface area contributed by atoms with Gasteiger partial charge in [-0.1, -0.05) is 38.1 Å². The number of halogens is 2. The number of carbonyl (C=O) groups excluding carboxylic acids is 3. The molecule has 2 aromatic rings. The Morgan fingerprint density at radius 3 is 2.38 bits per heavy atom. The quantitative estimate of drug-likeness (QED) is 0.359. The first kappa shape index (κ1) is 30.2. The van der Waals surface area contributed by atoms with Crippen molar-refractivity contribution in [2.24, 2.45) is 0 Å². The number of rotatable bonds is 13. The molecule has 2 aromatic carbocycles. The molecule has 3 rings (SSSR count). The number of aryl methyl sites for hydroxylation is 1. The fourth-order valence-corrected chi connectivity index (χ4v) is 4.93. The van der Waals surface area contributed by atoms with E-state index < -0.39 is 35.7 Å². The molecule has 0 unspecified atom stereocenters. The lowest BCUT2D eigenvalue weighted by Crippen LogP contribution is -2.61. The summed E-state index contributed by atoms with van der Waals surface area (Å²) in [5.41, 5.74) is 2.49. The minimum Gasteiger partial charge on any atom is -0.390 e. The van der Waals surface area contributed by atoms with E-state index >= 15 is 0 Å². The summed E-state index contributed by atoms with van der Waals surface area (Å²) < 4.78 is 27.7. The highest BCUT2D eigenvalue weighted by molar-refractivity contribution is 5.97. The van der Waals surface area contributed by atoms with Crippen LogP contribution in [0.1, 0.15) is 43.9 Å². The maximum Gasteiger partial charge on any atom is 0.246 e. The second-order valence-electron chi connectivity index (χ2n) is 9.83. The summed E-state index contributed by atoms with van der Waals surface area (Å²) in [5, 5.41) is 16.9. The van der Waals surface area contributed by atoms with Gasteiger partial charge in [-0.05, 0) is 55.0 Å². The van der Waals surface area contributed by atoms with Crippen LogP contribution >= 0.6 is 0 Å². The summed E-state index contributed by atoms with van der Waals surface area (Å²) in [6, 6.07) is 9.54. The number of hydrogen-bond acceptors (Lipinski definition) is 5. The van der Waals surface area contributed by atoms with E-state index in [9.17, 15) is 28.3 Å². The molecular weight excluding hydrogens is 506 g/mol. The molecule has 212 valence electrons. The summed E-state index contributed by atoms with van der Waals surface area (Å²) in [4.78, 5) is 41.2. The first-order valence-electron chi connectivity index (χ1n) is 13.4. The van der Waals surface area contributed by atoms with Crippen LogP contribution in [0, 0.1) is 11.6 Å². The molecule has 3 atom stereocenters. The van der Waals surface area contributed by atoms with Gasteiger partial charge < -0.3 is 25.5 Å². The van der Waals surface area contributed by atoms with E-state index in [0.717, 1.165) is 30.2 Å². The molecule has 1 aliphatic heterocycles. The molecule has 3 amide bonds. The molecule has 3 N–H and O–H groups in total. The normalized spacial score (nSPS) is 17.3. The van der Waals surface area contributed by atoms with E-state index in [1.807, 2.05) is 18.2 Å². The Balaban J connectivity index is 1.69. The summed E-state index contributed by atoms with van der Waals surface area (Å²) >= 11 is 0. The number of likely N-dealkylation sites (N-methyl/N-ethyl adjacent to an activating group) is 1. The third-order valence-electron chi connectivity index (χ3n) is 6.95. The predicted molar refractivity (Wildman–Crippen MR) is 144 cm³/mol. The first-order valence-corrected chi connectivity index (χ1v) is 13.4. The minimum absolute atomic E-state index is 0.0390. The van der Waals surface area contributed by atoms with Gasteiger partial charge in [-0.25, -0.2) is 8.78 Å². The highest BCUT2D eigenvalue weighted by Gasteiger charge is 2.38. The highest BCUT2D eigenvalue weighted by Crippen LogP contribution is 2.16. The smallest absolute Gasteiger partial charge is 0.246 e. The summed E-state index contributed by atoms with van der Waals surface area (Å²) in [5.74, 6) is -2.65. The maximum atomic E-state index is 13.8. The largest absolute Gasteiger partial charge is 0.390 e. The molecule has 0 spiro atoms. The van der Waals surface area contributed by atoms with Crippen molar-refractivity contribution in [3.63, 3.8) is 0 Å². The van der Waals surface area contributed by atoms with Crippen LogP contribution < -0.4 is 10.6 Å². The number of aliphatic hydroxyl groups excluding tert-OH is 1. The molecule has 10 heteroatoms. The zero-order valence-electron chi connectivity index (χ0n) is 22.8. The number of aliphatic hydroxyl groups is 1. The Kier molecular flexibility index (Phi) is 10.9. The van der Waals surface area contributed by atoms with Crippen LogP contribution in [0.2, 0.25) is 0 Å². The number of carbonyl (C=O) groups is 3. The molecule has 39 heavy (non-hydrogen) atoms. The van der Waals surface area contributed by atoms with Crippen molar-refractivity contribution in [1.82, 2.24) is 20.4 Å². The monoisotopic (exact) mass is 544 g/mol. The number of amides is 3. The lowest BCUT2D eigenvalue weighted by molar-refractivity contribution is -0.157. The second-order valence-corrected chi connectivity index (χ2v) is 9.83. The summed E-state index contributed by atoms with van der Waals surface area (Å²) in [7, 11) is 0. The van der Waals surface area contributed by atoms with E-state index in [1.165, 1.54) is 15.4 Å². The molecule has 1 aliphatic rings. The number of nitrogens with one attached hydrogen (secondary N) is 2. The molecule has 0 aliphatic carbocycles. The van der Waals surface area contributed by atoms with Crippen molar-refractivity contribution >= 4 is 17.7 Å². The van der Waals surface area contributed by atoms with E-state index in [4.69, 9.17) is 0 Å². The molecule has 0 aromatic heterocycles. The predicted octanol–water partition coefficient (Wildman–Crippen LogP) is 2.17. The van der Waals surface area contributed by atoms with Crippen LogP contribution in [-0.2, 0) is 33.8 Å². The van der Waals surface area contributed by atoms with Gasteiger partial charge in [-0.15, -0.1) is 0 Å². The Bertz CT molecular complexity index is 1140. The lowest BCUT2D eigenvalue weighted by atomic mass is 10.00. The number of piperazine rings is 1. The summed E-state index contributed by atoms with van der Waals surface area (Å²) in [6.45, 7) is 6.07. The zero-order valence-corrected chi connectivity index (χ0v) is 22.8.